The predicted molar refractivity (Wildman–Crippen MR) is 70.1 cm³/mol. The van der Waals surface area contributed by atoms with Gasteiger partial charge in [-0.25, -0.2) is 4.79 Å². The minimum atomic E-state index is -0.427. The van der Waals surface area contributed by atoms with Gasteiger partial charge in [0.25, 0.3) is 5.91 Å². The summed E-state index contributed by atoms with van der Waals surface area (Å²) < 4.78 is 0. The Morgan fingerprint density at radius 2 is 1.79 bits per heavy atom. The lowest BCUT2D eigenvalue weighted by Gasteiger charge is -2.14. The number of nitrogens with zero attached hydrogens (tertiary/aromatic N) is 1. The van der Waals surface area contributed by atoms with Crippen molar-refractivity contribution < 1.29 is 14.7 Å². The topological polar surface area (TPSA) is 69.6 Å². The third-order valence-electron chi connectivity index (χ3n) is 3.27. The summed E-state index contributed by atoms with van der Waals surface area (Å²) in [5.74, 6) is -0.0931. The Balaban J connectivity index is 2.10. The van der Waals surface area contributed by atoms with E-state index in [4.69, 9.17) is 5.11 Å². The summed E-state index contributed by atoms with van der Waals surface area (Å²) in [6, 6.07) is 6.43. The molecule has 5 nitrogen and oxygen atoms in total. The molecule has 3 amide bonds. The Morgan fingerprint density at radius 1 is 1.21 bits per heavy atom. The maximum Gasteiger partial charge on any atom is 0.325 e. The largest absolute Gasteiger partial charge is 0.392 e. The lowest BCUT2D eigenvalue weighted by atomic mass is 10.0. The molecule has 2 rings (SSSR count). The van der Waals surface area contributed by atoms with E-state index in [0.717, 1.165) is 11.1 Å². The first kappa shape index (κ1) is 13.5. The number of amides is 3. The highest BCUT2D eigenvalue weighted by molar-refractivity contribution is 6.04. The fraction of sp³-hybridized carbons (Fsp3) is 0.429. The van der Waals surface area contributed by atoms with Crippen molar-refractivity contribution in [2.45, 2.75) is 33.0 Å². The highest BCUT2D eigenvalue weighted by Gasteiger charge is 2.39. The zero-order valence-corrected chi connectivity index (χ0v) is 11.1. The maximum atomic E-state index is 12.1. The highest BCUT2D eigenvalue weighted by atomic mass is 16.3. The molecule has 1 aromatic carbocycles. The zero-order chi connectivity index (χ0) is 14.0. The second-order valence-corrected chi connectivity index (χ2v) is 5.07. The van der Waals surface area contributed by atoms with Gasteiger partial charge in [-0.3, -0.25) is 9.69 Å². The van der Waals surface area contributed by atoms with Crippen LogP contribution in [-0.4, -0.2) is 28.0 Å². The van der Waals surface area contributed by atoms with Gasteiger partial charge < -0.3 is 10.4 Å². The molecule has 1 atom stereocenters. The number of aliphatic hydroxyl groups excluding tert-OH is 1. The van der Waals surface area contributed by atoms with Crippen molar-refractivity contribution >= 4 is 11.9 Å². The molecular formula is C14H18N2O3. The number of aliphatic hydroxyl groups is 1. The molecule has 1 aromatic rings. The maximum absolute atomic E-state index is 12.1. The molecule has 1 heterocycles. The first-order chi connectivity index (χ1) is 9.02. The third-order valence-corrected chi connectivity index (χ3v) is 3.27. The van der Waals surface area contributed by atoms with Gasteiger partial charge in [-0.1, -0.05) is 38.1 Å². The minimum Gasteiger partial charge on any atom is -0.392 e. The molecule has 1 unspecified atom stereocenters. The number of urea groups is 1. The van der Waals surface area contributed by atoms with Crippen LogP contribution >= 0.6 is 0 Å². The van der Waals surface area contributed by atoms with E-state index in [1.807, 2.05) is 26.0 Å². The molecule has 5 heteroatoms. The van der Waals surface area contributed by atoms with E-state index in [1.54, 1.807) is 12.1 Å². The molecule has 1 aliphatic heterocycles. The first-order valence-corrected chi connectivity index (χ1v) is 6.33. The van der Waals surface area contributed by atoms with Crippen molar-refractivity contribution in [3.8, 4) is 0 Å². The smallest absolute Gasteiger partial charge is 0.325 e. The van der Waals surface area contributed by atoms with Gasteiger partial charge in [0.1, 0.15) is 6.04 Å². The Bertz CT molecular complexity index is 482. The standard InChI is InChI=1S/C14H18N2O3/c1-9(2)12-13(18)16(14(19)15-12)7-10-3-5-11(8-17)6-4-10/h3-6,9,12,17H,7-8H2,1-2H3,(H,15,19). The summed E-state index contributed by atoms with van der Waals surface area (Å²) in [5, 5.41) is 11.7. The highest BCUT2D eigenvalue weighted by Crippen LogP contribution is 2.17. The van der Waals surface area contributed by atoms with Gasteiger partial charge in [0.05, 0.1) is 13.2 Å². The Morgan fingerprint density at radius 3 is 2.26 bits per heavy atom. The normalized spacial score (nSPS) is 19.2. The van der Waals surface area contributed by atoms with Crippen molar-refractivity contribution in [1.82, 2.24) is 10.2 Å². The zero-order valence-electron chi connectivity index (χ0n) is 11.1. The van der Waals surface area contributed by atoms with E-state index in [2.05, 4.69) is 5.32 Å². The van der Waals surface area contributed by atoms with Crippen LogP contribution in [0.1, 0.15) is 25.0 Å². The third kappa shape index (κ3) is 2.76. The molecule has 0 bridgehead atoms. The predicted octanol–water partition coefficient (Wildman–Crippen LogP) is 1.26. The molecule has 19 heavy (non-hydrogen) atoms. The molecule has 0 aliphatic carbocycles. The van der Waals surface area contributed by atoms with E-state index in [-0.39, 0.29) is 31.0 Å². The summed E-state index contributed by atoms with van der Waals surface area (Å²) in [6.45, 7) is 4.06. The molecule has 2 N–H and O–H groups in total. The Kier molecular flexibility index (Phi) is 3.85. The van der Waals surface area contributed by atoms with Gasteiger partial charge in [0, 0.05) is 0 Å². The van der Waals surface area contributed by atoms with Crippen LogP contribution < -0.4 is 5.32 Å². The van der Waals surface area contributed by atoms with E-state index < -0.39 is 6.04 Å². The average Bonchev–Trinajstić information content (AvgIpc) is 2.68. The number of imide groups is 1. The Hall–Kier alpha value is -1.88. The summed E-state index contributed by atoms with van der Waals surface area (Å²) in [7, 11) is 0. The van der Waals surface area contributed by atoms with E-state index in [1.165, 1.54) is 4.90 Å². The number of rotatable bonds is 4. The fourth-order valence-corrected chi connectivity index (χ4v) is 2.07. The van der Waals surface area contributed by atoms with Crippen molar-refractivity contribution in [2.75, 3.05) is 0 Å². The quantitative estimate of drug-likeness (QED) is 0.802. The van der Waals surface area contributed by atoms with Crippen LogP contribution in [0.25, 0.3) is 0 Å². The van der Waals surface area contributed by atoms with E-state index >= 15 is 0 Å². The van der Waals surface area contributed by atoms with Crippen LogP contribution in [-0.2, 0) is 17.9 Å². The van der Waals surface area contributed by atoms with Gasteiger partial charge in [-0.15, -0.1) is 0 Å². The second-order valence-electron chi connectivity index (χ2n) is 5.07. The van der Waals surface area contributed by atoms with Crippen LogP contribution in [0.15, 0.2) is 24.3 Å². The van der Waals surface area contributed by atoms with Gasteiger partial charge in [-0.2, -0.15) is 0 Å². The first-order valence-electron chi connectivity index (χ1n) is 6.33. The lowest BCUT2D eigenvalue weighted by Crippen LogP contribution is -2.34. The molecule has 0 spiro atoms. The average molecular weight is 262 g/mol. The summed E-state index contributed by atoms with van der Waals surface area (Å²) in [5.41, 5.74) is 1.67. The van der Waals surface area contributed by atoms with Crippen LogP contribution in [0.5, 0.6) is 0 Å². The number of carbonyl (C=O) groups is 2. The SMILES string of the molecule is CC(C)C1NC(=O)N(Cc2ccc(CO)cc2)C1=O. The lowest BCUT2D eigenvalue weighted by molar-refractivity contribution is -0.128. The van der Waals surface area contributed by atoms with Gasteiger partial charge in [0.2, 0.25) is 0 Å². The monoisotopic (exact) mass is 262 g/mol. The second kappa shape index (κ2) is 5.40. The van der Waals surface area contributed by atoms with Crippen molar-refractivity contribution in [1.29, 1.82) is 0 Å². The minimum absolute atomic E-state index is 0.0150. The number of carbonyl (C=O) groups excluding carboxylic acids is 2. The molecule has 0 radical (unpaired) electrons. The van der Waals surface area contributed by atoms with Crippen molar-refractivity contribution in [3.63, 3.8) is 0 Å². The van der Waals surface area contributed by atoms with Gasteiger partial charge >= 0.3 is 6.03 Å². The van der Waals surface area contributed by atoms with Crippen LogP contribution in [0.2, 0.25) is 0 Å². The Labute approximate surface area is 112 Å². The molecular weight excluding hydrogens is 244 g/mol. The summed E-state index contributed by atoms with van der Waals surface area (Å²) in [6.07, 6.45) is 0. The van der Waals surface area contributed by atoms with Crippen LogP contribution in [0, 0.1) is 5.92 Å². The molecule has 1 saturated heterocycles. The van der Waals surface area contributed by atoms with Crippen LogP contribution in [0.4, 0.5) is 4.79 Å². The number of nitrogens with one attached hydrogen (secondary N) is 1. The van der Waals surface area contributed by atoms with Crippen molar-refractivity contribution in [3.05, 3.63) is 35.4 Å². The van der Waals surface area contributed by atoms with Crippen molar-refractivity contribution in [2.24, 2.45) is 5.92 Å². The van der Waals surface area contributed by atoms with Gasteiger partial charge in [0.15, 0.2) is 0 Å². The van der Waals surface area contributed by atoms with E-state index in [0.29, 0.717) is 0 Å². The fourth-order valence-electron chi connectivity index (χ4n) is 2.07. The molecule has 0 saturated carbocycles. The molecule has 1 fully saturated rings. The number of benzene rings is 1. The molecule has 0 aromatic heterocycles. The van der Waals surface area contributed by atoms with Crippen LogP contribution in [0.3, 0.4) is 0 Å². The van der Waals surface area contributed by atoms with E-state index in [9.17, 15) is 9.59 Å². The summed E-state index contributed by atoms with van der Waals surface area (Å²) in [4.78, 5) is 25.1. The number of hydrogen-bond acceptors (Lipinski definition) is 3. The summed E-state index contributed by atoms with van der Waals surface area (Å²) >= 11 is 0. The number of hydrogen-bond donors (Lipinski definition) is 2. The molecule has 1 aliphatic rings. The molecule has 102 valence electrons. The van der Waals surface area contributed by atoms with Gasteiger partial charge in [-0.05, 0) is 17.0 Å².